The van der Waals surface area contributed by atoms with Gasteiger partial charge in [0.1, 0.15) is 11.4 Å². The van der Waals surface area contributed by atoms with Crippen molar-refractivity contribution >= 4 is 21.6 Å². The van der Waals surface area contributed by atoms with Crippen LogP contribution in [0.25, 0.3) is 22.5 Å². The van der Waals surface area contributed by atoms with E-state index in [0.717, 1.165) is 16.8 Å². The van der Waals surface area contributed by atoms with E-state index in [1.807, 2.05) is 60.7 Å². The van der Waals surface area contributed by atoms with E-state index in [1.54, 1.807) is 6.92 Å². The van der Waals surface area contributed by atoms with Crippen molar-refractivity contribution in [1.82, 2.24) is 15.2 Å². The predicted molar refractivity (Wildman–Crippen MR) is 106 cm³/mol. The van der Waals surface area contributed by atoms with Gasteiger partial charge in [-0.05, 0) is 0 Å². The fraction of sp³-hybridized carbons (Fsp3) is 0.211. The van der Waals surface area contributed by atoms with Crippen molar-refractivity contribution in [3.05, 3.63) is 60.7 Å². The average Bonchev–Trinajstić information content (AvgIpc) is 2.69. The monoisotopic (exact) mass is 385 g/mol. The lowest BCUT2D eigenvalue weighted by Gasteiger charge is -2.09. The molecule has 7 heteroatoms. The zero-order valence-corrected chi connectivity index (χ0v) is 16.0. The van der Waals surface area contributed by atoms with Gasteiger partial charge in [0.25, 0.3) is 0 Å². The van der Waals surface area contributed by atoms with Gasteiger partial charge in [0.15, 0.2) is 9.84 Å². The SMILES string of the molecule is CCS(=O)(=O)CCSc1nnc(-c2ccccc2)c(-c2ccccc2)n1. The Morgan fingerprint density at radius 3 is 2.00 bits per heavy atom. The largest absolute Gasteiger partial charge is 0.229 e. The standard InChI is InChI=1S/C19H19N3O2S2/c1-2-26(23,24)14-13-25-19-20-17(15-9-5-3-6-10-15)18(21-22-19)16-11-7-4-8-12-16/h3-12H,2,13-14H2,1H3. The Morgan fingerprint density at radius 2 is 1.42 bits per heavy atom. The number of benzene rings is 2. The van der Waals surface area contributed by atoms with E-state index < -0.39 is 9.84 Å². The molecular formula is C19H19N3O2S2. The summed E-state index contributed by atoms with van der Waals surface area (Å²) in [5, 5.41) is 9.05. The molecule has 3 rings (SSSR count). The van der Waals surface area contributed by atoms with Crippen molar-refractivity contribution in [3.63, 3.8) is 0 Å². The maximum Gasteiger partial charge on any atom is 0.209 e. The minimum atomic E-state index is -3.00. The van der Waals surface area contributed by atoms with Gasteiger partial charge >= 0.3 is 0 Å². The van der Waals surface area contributed by atoms with E-state index in [4.69, 9.17) is 0 Å². The van der Waals surface area contributed by atoms with E-state index in [9.17, 15) is 8.42 Å². The number of thioether (sulfide) groups is 1. The molecule has 0 spiro atoms. The van der Waals surface area contributed by atoms with Gasteiger partial charge in [0, 0.05) is 22.6 Å². The minimum absolute atomic E-state index is 0.110. The molecule has 1 heterocycles. The number of aromatic nitrogens is 3. The van der Waals surface area contributed by atoms with Crippen molar-refractivity contribution in [2.75, 3.05) is 17.3 Å². The summed E-state index contributed by atoms with van der Waals surface area (Å²) in [7, 11) is -3.00. The number of rotatable bonds is 7. The smallest absolute Gasteiger partial charge is 0.209 e. The van der Waals surface area contributed by atoms with Crippen molar-refractivity contribution in [3.8, 4) is 22.5 Å². The molecule has 0 saturated heterocycles. The molecule has 26 heavy (non-hydrogen) atoms. The van der Waals surface area contributed by atoms with E-state index >= 15 is 0 Å². The molecule has 0 unspecified atom stereocenters. The summed E-state index contributed by atoms with van der Waals surface area (Å²) >= 11 is 1.31. The Morgan fingerprint density at radius 1 is 0.846 bits per heavy atom. The minimum Gasteiger partial charge on any atom is -0.229 e. The molecule has 5 nitrogen and oxygen atoms in total. The van der Waals surface area contributed by atoms with Crippen LogP contribution >= 0.6 is 11.8 Å². The number of nitrogens with zero attached hydrogens (tertiary/aromatic N) is 3. The molecule has 0 saturated carbocycles. The van der Waals surface area contributed by atoms with Gasteiger partial charge in [-0.15, -0.1) is 10.2 Å². The van der Waals surface area contributed by atoms with Crippen LogP contribution in [-0.2, 0) is 9.84 Å². The molecule has 0 radical (unpaired) electrons. The van der Waals surface area contributed by atoms with Crippen molar-refractivity contribution in [1.29, 1.82) is 0 Å². The normalized spacial score (nSPS) is 11.4. The summed E-state index contributed by atoms with van der Waals surface area (Å²) < 4.78 is 23.3. The Balaban J connectivity index is 1.93. The summed E-state index contributed by atoms with van der Waals surface area (Å²) in [6, 6.07) is 19.6. The first-order valence-electron chi connectivity index (χ1n) is 8.28. The highest BCUT2D eigenvalue weighted by atomic mass is 32.2. The molecule has 3 aromatic rings. The van der Waals surface area contributed by atoms with E-state index in [0.29, 0.717) is 16.6 Å². The lowest BCUT2D eigenvalue weighted by Crippen LogP contribution is -2.11. The summed E-state index contributed by atoms with van der Waals surface area (Å²) in [4.78, 5) is 4.66. The Kier molecular flexibility index (Phi) is 6.00. The fourth-order valence-electron chi connectivity index (χ4n) is 2.36. The number of hydrogen-bond acceptors (Lipinski definition) is 6. The molecule has 0 aliphatic carbocycles. The van der Waals surface area contributed by atoms with Crippen molar-refractivity contribution < 1.29 is 8.42 Å². The highest BCUT2D eigenvalue weighted by Gasteiger charge is 2.14. The first-order valence-corrected chi connectivity index (χ1v) is 11.1. The Bertz CT molecular complexity index is 963. The lowest BCUT2D eigenvalue weighted by molar-refractivity contribution is 0.598. The second-order valence-corrected chi connectivity index (χ2v) is 9.14. The molecule has 0 aliphatic heterocycles. The third-order valence-corrected chi connectivity index (χ3v) is 6.63. The quantitative estimate of drug-likeness (QED) is 0.577. The van der Waals surface area contributed by atoms with Crippen LogP contribution in [0.1, 0.15) is 6.92 Å². The molecule has 0 atom stereocenters. The Hall–Kier alpha value is -2.25. The molecular weight excluding hydrogens is 366 g/mol. The van der Waals surface area contributed by atoms with Crippen LogP contribution in [-0.4, -0.2) is 40.9 Å². The maximum absolute atomic E-state index is 11.6. The van der Waals surface area contributed by atoms with Crippen LogP contribution in [0.2, 0.25) is 0 Å². The molecule has 1 aromatic heterocycles. The number of sulfone groups is 1. The molecule has 0 amide bonds. The van der Waals surface area contributed by atoms with Crippen LogP contribution in [0.3, 0.4) is 0 Å². The molecule has 0 fully saturated rings. The first-order chi connectivity index (χ1) is 12.6. The summed E-state index contributed by atoms with van der Waals surface area (Å²) in [5.74, 6) is 0.671. The highest BCUT2D eigenvalue weighted by Crippen LogP contribution is 2.29. The van der Waals surface area contributed by atoms with Gasteiger partial charge in [-0.2, -0.15) is 0 Å². The maximum atomic E-state index is 11.6. The summed E-state index contributed by atoms with van der Waals surface area (Å²) in [6.07, 6.45) is 0. The van der Waals surface area contributed by atoms with Crippen LogP contribution in [0.15, 0.2) is 65.8 Å². The predicted octanol–water partition coefficient (Wildman–Crippen LogP) is 3.73. The molecule has 0 aliphatic rings. The zero-order chi connectivity index (χ0) is 18.4. The summed E-state index contributed by atoms with van der Waals surface area (Å²) in [5.41, 5.74) is 3.34. The third-order valence-electron chi connectivity index (χ3n) is 3.83. The van der Waals surface area contributed by atoms with Gasteiger partial charge in [-0.3, -0.25) is 0 Å². The van der Waals surface area contributed by atoms with E-state index in [1.165, 1.54) is 11.8 Å². The topological polar surface area (TPSA) is 72.8 Å². The second-order valence-electron chi connectivity index (χ2n) is 5.61. The first kappa shape index (κ1) is 18.5. The van der Waals surface area contributed by atoms with E-state index in [-0.39, 0.29) is 11.5 Å². The molecule has 2 aromatic carbocycles. The summed E-state index contributed by atoms with van der Waals surface area (Å²) in [6.45, 7) is 1.65. The molecule has 134 valence electrons. The van der Waals surface area contributed by atoms with Crippen LogP contribution in [0.4, 0.5) is 0 Å². The number of hydrogen-bond donors (Lipinski definition) is 0. The van der Waals surface area contributed by atoms with Gasteiger partial charge in [-0.1, -0.05) is 79.3 Å². The third kappa shape index (κ3) is 4.68. The highest BCUT2D eigenvalue weighted by molar-refractivity contribution is 8.00. The van der Waals surface area contributed by atoms with Crippen LogP contribution < -0.4 is 0 Å². The van der Waals surface area contributed by atoms with Crippen LogP contribution in [0.5, 0.6) is 0 Å². The van der Waals surface area contributed by atoms with Crippen LogP contribution in [0, 0.1) is 0 Å². The zero-order valence-electron chi connectivity index (χ0n) is 14.4. The van der Waals surface area contributed by atoms with Crippen molar-refractivity contribution in [2.24, 2.45) is 0 Å². The van der Waals surface area contributed by atoms with Gasteiger partial charge in [0.05, 0.1) is 5.75 Å². The van der Waals surface area contributed by atoms with Gasteiger partial charge < -0.3 is 0 Å². The van der Waals surface area contributed by atoms with Crippen molar-refractivity contribution in [2.45, 2.75) is 12.1 Å². The molecule has 0 bridgehead atoms. The second kappa shape index (κ2) is 8.42. The average molecular weight is 386 g/mol. The van der Waals surface area contributed by atoms with Gasteiger partial charge in [0.2, 0.25) is 5.16 Å². The Labute approximate surface area is 157 Å². The molecule has 0 N–H and O–H groups in total. The fourth-order valence-corrected chi connectivity index (χ4v) is 4.44. The lowest BCUT2D eigenvalue weighted by atomic mass is 10.0. The van der Waals surface area contributed by atoms with E-state index in [2.05, 4.69) is 15.2 Å². The van der Waals surface area contributed by atoms with Gasteiger partial charge in [-0.25, -0.2) is 13.4 Å².